The SMILES string of the molecule is N#CC(c1ccc2[nH]c(=O)oc2c1)c1cccnn1. The van der Waals surface area contributed by atoms with Crippen LogP contribution in [0.2, 0.25) is 0 Å². The topological polar surface area (TPSA) is 95.6 Å². The molecule has 0 aliphatic heterocycles. The summed E-state index contributed by atoms with van der Waals surface area (Å²) in [4.78, 5) is 13.6. The van der Waals surface area contributed by atoms with Gasteiger partial charge in [-0.2, -0.15) is 15.5 Å². The highest BCUT2D eigenvalue weighted by Gasteiger charge is 2.16. The molecule has 3 aromatic rings. The predicted molar refractivity (Wildman–Crippen MR) is 66.3 cm³/mol. The van der Waals surface area contributed by atoms with E-state index >= 15 is 0 Å². The third-order valence-corrected chi connectivity index (χ3v) is 2.80. The van der Waals surface area contributed by atoms with Crippen molar-refractivity contribution in [2.45, 2.75) is 5.92 Å². The minimum Gasteiger partial charge on any atom is -0.408 e. The molecule has 0 bridgehead atoms. The minimum absolute atomic E-state index is 0.423. The first-order chi connectivity index (χ1) is 9.28. The molecule has 0 radical (unpaired) electrons. The van der Waals surface area contributed by atoms with Crippen molar-refractivity contribution in [1.29, 1.82) is 5.26 Å². The van der Waals surface area contributed by atoms with Crippen LogP contribution in [0.1, 0.15) is 17.2 Å². The maximum atomic E-state index is 11.1. The van der Waals surface area contributed by atoms with E-state index in [1.54, 1.807) is 36.5 Å². The molecule has 0 fully saturated rings. The molecule has 3 rings (SSSR count). The molecular weight excluding hydrogens is 244 g/mol. The van der Waals surface area contributed by atoms with Crippen LogP contribution < -0.4 is 5.76 Å². The molecule has 0 amide bonds. The van der Waals surface area contributed by atoms with Gasteiger partial charge in [-0.1, -0.05) is 6.07 Å². The van der Waals surface area contributed by atoms with E-state index in [1.807, 2.05) is 0 Å². The lowest BCUT2D eigenvalue weighted by Crippen LogP contribution is -2.01. The predicted octanol–water partition coefficient (Wildman–Crippen LogP) is 1.57. The maximum absolute atomic E-state index is 11.1. The average Bonchev–Trinajstić information content (AvgIpc) is 2.80. The van der Waals surface area contributed by atoms with Crippen LogP contribution in [0.4, 0.5) is 0 Å². The van der Waals surface area contributed by atoms with Crippen LogP contribution in [0.25, 0.3) is 11.1 Å². The van der Waals surface area contributed by atoms with Gasteiger partial charge in [0.05, 0.1) is 17.3 Å². The zero-order valence-electron chi connectivity index (χ0n) is 9.70. The van der Waals surface area contributed by atoms with Crippen molar-refractivity contribution in [1.82, 2.24) is 15.2 Å². The lowest BCUT2D eigenvalue weighted by atomic mass is 9.97. The molecular formula is C13H8N4O2. The van der Waals surface area contributed by atoms with Crippen molar-refractivity contribution in [3.8, 4) is 6.07 Å². The van der Waals surface area contributed by atoms with E-state index in [9.17, 15) is 10.1 Å². The summed E-state index contributed by atoms with van der Waals surface area (Å²) >= 11 is 0. The summed E-state index contributed by atoms with van der Waals surface area (Å²) in [6, 6.07) is 10.8. The van der Waals surface area contributed by atoms with Crippen molar-refractivity contribution >= 4 is 11.1 Å². The number of rotatable bonds is 2. The molecule has 2 heterocycles. The Morgan fingerprint density at radius 1 is 1.37 bits per heavy atom. The number of aromatic nitrogens is 3. The zero-order valence-corrected chi connectivity index (χ0v) is 9.70. The number of nitrogens with zero attached hydrogens (tertiary/aromatic N) is 3. The van der Waals surface area contributed by atoms with Gasteiger partial charge in [-0.05, 0) is 29.8 Å². The molecule has 0 aliphatic carbocycles. The first kappa shape index (κ1) is 11.2. The number of nitriles is 1. The largest absolute Gasteiger partial charge is 0.417 e. The van der Waals surface area contributed by atoms with Gasteiger partial charge in [-0.15, -0.1) is 0 Å². The standard InChI is InChI=1S/C13H8N4O2/c14-7-9(10-2-1-5-15-17-10)8-3-4-11-12(6-8)19-13(18)16-11/h1-6,9H,(H,16,18). The van der Waals surface area contributed by atoms with Crippen molar-refractivity contribution < 1.29 is 4.42 Å². The van der Waals surface area contributed by atoms with Gasteiger partial charge in [-0.3, -0.25) is 4.98 Å². The van der Waals surface area contributed by atoms with Crippen molar-refractivity contribution in [2.24, 2.45) is 0 Å². The monoisotopic (exact) mass is 252 g/mol. The first-order valence-corrected chi connectivity index (χ1v) is 5.58. The second kappa shape index (κ2) is 4.38. The lowest BCUT2D eigenvalue weighted by Gasteiger charge is -2.07. The van der Waals surface area contributed by atoms with Crippen LogP contribution in [-0.4, -0.2) is 15.2 Å². The van der Waals surface area contributed by atoms with E-state index in [-0.39, 0.29) is 0 Å². The van der Waals surface area contributed by atoms with E-state index in [0.717, 1.165) is 0 Å². The van der Waals surface area contributed by atoms with Gasteiger partial charge < -0.3 is 4.42 Å². The molecule has 1 aromatic carbocycles. The molecule has 0 spiro atoms. The minimum atomic E-state index is -0.543. The summed E-state index contributed by atoms with van der Waals surface area (Å²) < 4.78 is 4.98. The van der Waals surface area contributed by atoms with Crippen LogP contribution in [0.5, 0.6) is 0 Å². The average molecular weight is 252 g/mol. The van der Waals surface area contributed by atoms with Crippen LogP contribution in [0, 0.1) is 11.3 Å². The highest BCUT2D eigenvalue weighted by atomic mass is 16.4. The van der Waals surface area contributed by atoms with Gasteiger partial charge in [0.2, 0.25) is 0 Å². The molecule has 1 atom stereocenters. The quantitative estimate of drug-likeness (QED) is 0.746. The second-order valence-corrected chi connectivity index (χ2v) is 3.98. The number of hydrogen-bond acceptors (Lipinski definition) is 5. The fraction of sp³-hybridized carbons (Fsp3) is 0.0769. The Kier molecular flexibility index (Phi) is 2.58. The zero-order chi connectivity index (χ0) is 13.2. The van der Waals surface area contributed by atoms with E-state index in [2.05, 4.69) is 21.3 Å². The summed E-state index contributed by atoms with van der Waals surface area (Å²) in [5.74, 6) is -1.06. The second-order valence-electron chi connectivity index (χ2n) is 3.98. The Morgan fingerprint density at radius 2 is 2.26 bits per heavy atom. The van der Waals surface area contributed by atoms with E-state index < -0.39 is 11.7 Å². The van der Waals surface area contributed by atoms with Gasteiger partial charge in [-0.25, -0.2) is 4.79 Å². The molecule has 6 heteroatoms. The van der Waals surface area contributed by atoms with Gasteiger partial charge in [0, 0.05) is 6.20 Å². The Hall–Kier alpha value is -2.94. The first-order valence-electron chi connectivity index (χ1n) is 5.58. The van der Waals surface area contributed by atoms with Crippen LogP contribution in [-0.2, 0) is 0 Å². The molecule has 0 saturated heterocycles. The van der Waals surface area contributed by atoms with Crippen molar-refractivity contribution in [3.63, 3.8) is 0 Å². The third-order valence-electron chi connectivity index (χ3n) is 2.80. The molecule has 0 aliphatic rings. The summed E-state index contributed by atoms with van der Waals surface area (Å²) in [6.45, 7) is 0. The van der Waals surface area contributed by atoms with Crippen LogP contribution in [0.15, 0.2) is 45.7 Å². The Bertz CT molecular complexity index is 814. The van der Waals surface area contributed by atoms with Gasteiger partial charge in [0.15, 0.2) is 5.58 Å². The fourth-order valence-corrected chi connectivity index (χ4v) is 1.92. The van der Waals surface area contributed by atoms with Gasteiger partial charge in [0.1, 0.15) is 5.92 Å². The number of fused-ring (bicyclic) bond motifs is 1. The van der Waals surface area contributed by atoms with E-state index in [0.29, 0.717) is 22.4 Å². The molecule has 2 aromatic heterocycles. The summed E-state index contributed by atoms with van der Waals surface area (Å²) in [6.07, 6.45) is 1.55. The summed E-state index contributed by atoms with van der Waals surface area (Å²) in [5, 5.41) is 17.0. The Morgan fingerprint density at radius 3 is 3.00 bits per heavy atom. The molecule has 0 saturated carbocycles. The Labute approximate surface area is 107 Å². The van der Waals surface area contributed by atoms with Gasteiger partial charge >= 0.3 is 5.76 Å². The number of nitrogens with one attached hydrogen (secondary N) is 1. The van der Waals surface area contributed by atoms with Crippen LogP contribution >= 0.6 is 0 Å². The Balaban J connectivity index is 2.12. The molecule has 1 N–H and O–H groups in total. The summed E-state index contributed by atoms with van der Waals surface area (Å²) in [7, 11) is 0. The fourth-order valence-electron chi connectivity index (χ4n) is 1.92. The molecule has 6 nitrogen and oxygen atoms in total. The summed E-state index contributed by atoms with van der Waals surface area (Å²) in [5.41, 5.74) is 2.29. The molecule has 92 valence electrons. The highest BCUT2D eigenvalue weighted by Crippen LogP contribution is 2.24. The number of aromatic amines is 1. The lowest BCUT2D eigenvalue weighted by molar-refractivity contribution is 0.555. The van der Waals surface area contributed by atoms with E-state index in [4.69, 9.17) is 4.42 Å². The van der Waals surface area contributed by atoms with Crippen molar-refractivity contribution in [3.05, 3.63) is 58.3 Å². The molecule has 19 heavy (non-hydrogen) atoms. The molecule has 1 unspecified atom stereocenters. The highest BCUT2D eigenvalue weighted by molar-refractivity contribution is 5.73. The van der Waals surface area contributed by atoms with Crippen molar-refractivity contribution in [2.75, 3.05) is 0 Å². The normalized spacial score (nSPS) is 12.2. The van der Waals surface area contributed by atoms with Crippen LogP contribution in [0.3, 0.4) is 0 Å². The van der Waals surface area contributed by atoms with E-state index in [1.165, 1.54) is 0 Å². The van der Waals surface area contributed by atoms with Gasteiger partial charge in [0.25, 0.3) is 0 Å². The number of benzene rings is 1. The smallest absolute Gasteiger partial charge is 0.408 e. The number of oxazole rings is 1. The number of H-pyrrole nitrogens is 1. The maximum Gasteiger partial charge on any atom is 0.417 e. The number of hydrogen-bond donors (Lipinski definition) is 1. The third kappa shape index (κ3) is 1.98.